The van der Waals surface area contributed by atoms with E-state index in [4.69, 9.17) is 6.57 Å². The van der Waals surface area contributed by atoms with E-state index in [1.54, 1.807) is 0 Å². The lowest BCUT2D eigenvalue weighted by molar-refractivity contribution is -0.121. The van der Waals surface area contributed by atoms with Crippen LogP contribution in [0.3, 0.4) is 0 Å². The maximum Gasteiger partial charge on any atom is 0.194 e. The van der Waals surface area contributed by atoms with Crippen LogP contribution in [0, 0.1) is 12.0 Å². The molecular weight excluding hydrogens is 306 g/mol. The van der Waals surface area contributed by atoms with E-state index in [1.165, 1.54) is 74.5 Å². The maximum absolute atomic E-state index is 12.8. The van der Waals surface area contributed by atoms with E-state index in [9.17, 15) is 4.79 Å². The van der Waals surface area contributed by atoms with Crippen LogP contribution in [0.15, 0.2) is 12.1 Å². The summed E-state index contributed by atoms with van der Waals surface area (Å²) in [5.41, 5.74) is 4.79. The number of rotatable bonds is 6. The van der Waals surface area contributed by atoms with Gasteiger partial charge in [0.15, 0.2) is 5.69 Å². The van der Waals surface area contributed by atoms with Crippen molar-refractivity contribution in [3.8, 4) is 0 Å². The molecule has 0 saturated heterocycles. The van der Waals surface area contributed by atoms with E-state index in [2.05, 4.69) is 23.9 Å². The Hall–Kier alpha value is -1.62. The number of hydrogen-bond donors (Lipinski definition) is 0. The van der Waals surface area contributed by atoms with E-state index in [0.29, 0.717) is 24.0 Å². The Morgan fingerprint density at radius 3 is 2.12 bits per heavy atom. The van der Waals surface area contributed by atoms with Crippen LogP contribution in [-0.2, 0) is 11.2 Å². The minimum absolute atomic E-state index is 0.227. The Labute approximate surface area is 151 Å². The molecule has 0 unspecified atom stereocenters. The highest BCUT2D eigenvalue weighted by atomic mass is 16.1. The number of carbonyl (C=O) groups is 1. The van der Waals surface area contributed by atoms with E-state index >= 15 is 0 Å². The van der Waals surface area contributed by atoms with Crippen molar-refractivity contribution in [3.05, 3.63) is 40.2 Å². The summed E-state index contributed by atoms with van der Waals surface area (Å²) in [6, 6.07) is 4.38. The highest BCUT2D eigenvalue weighted by Crippen LogP contribution is 2.51. The van der Waals surface area contributed by atoms with Crippen LogP contribution in [0.25, 0.3) is 4.85 Å². The van der Waals surface area contributed by atoms with Crippen molar-refractivity contribution in [2.75, 3.05) is 0 Å². The molecule has 0 amide bonds. The van der Waals surface area contributed by atoms with Gasteiger partial charge in [-0.1, -0.05) is 38.3 Å². The van der Waals surface area contributed by atoms with Crippen LogP contribution in [0.4, 0.5) is 5.69 Å². The van der Waals surface area contributed by atoms with Gasteiger partial charge in [-0.05, 0) is 72.5 Å². The topological polar surface area (TPSA) is 21.4 Å². The van der Waals surface area contributed by atoms with Crippen molar-refractivity contribution in [2.45, 2.75) is 89.4 Å². The second-order valence-corrected chi connectivity index (χ2v) is 9.05. The first kappa shape index (κ1) is 16.8. The van der Waals surface area contributed by atoms with Crippen molar-refractivity contribution in [2.24, 2.45) is 5.41 Å². The van der Waals surface area contributed by atoms with Crippen LogP contribution in [-0.4, -0.2) is 5.78 Å². The summed E-state index contributed by atoms with van der Waals surface area (Å²) in [5.74, 6) is 1.54. The molecule has 0 heterocycles. The standard InChI is InChI=1S/C23H29NO/c1-23(10-4-3-5-11-23)15-19(25)12-16-13-20(17-6-7-17)22(24-2)21(14-16)18-8-9-18/h13-14,17-18H,3-12,15H2,1H3. The lowest BCUT2D eigenvalue weighted by atomic mass is 9.72. The lowest BCUT2D eigenvalue weighted by Crippen LogP contribution is -2.24. The molecule has 0 aromatic heterocycles. The predicted octanol–water partition coefficient (Wildman–Crippen LogP) is 6.46. The summed E-state index contributed by atoms with van der Waals surface area (Å²) in [5, 5.41) is 0. The average Bonchev–Trinajstić information content (AvgIpc) is 3.48. The van der Waals surface area contributed by atoms with Crippen molar-refractivity contribution in [1.82, 2.24) is 0 Å². The maximum atomic E-state index is 12.8. The molecule has 3 aliphatic rings. The van der Waals surface area contributed by atoms with Gasteiger partial charge in [0.2, 0.25) is 0 Å². The Bertz CT molecular complexity index is 679. The molecule has 4 rings (SSSR count). The average molecular weight is 335 g/mol. The SMILES string of the molecule is [C-]#[N+]c1c(C2CC2)cc(CC(=O)CC2(C)CCCCC2)cc1C1CC1. The third kappa shape index (κ3) is 3.81. The van der Waals surface area contributed by atoms with Gasteiger partial charge in [0.05, 0.1) is 6.57 Å². The number of carbonyl (C=O) groups excluding carboxylic acids is 1. The number of benzene rings is 1. The fraction of sp³-hybridized carbons (Fsp3) is 0.652. The molecule has 3 saturated carbocycles. The zero-order valence-corrected chi connectivity index (χ0v) is 15.4. The van der Waals surface area contributed by atoms with E-state index < -0.39 is 0 Å². The first-order valence-electron chi connectivity index (χ1n) is 10.1. The van der Waals surface area contributed by atoms with Gasteiger partial charge in [-0.2, -0.15) is 0 Å². The molecule has 2 nitrogen and oxygen atoms in total. The van der Waals surface area contributed by atoms with Gasteiger partial charge in [0.1, 0.15) is 5.78 Å². The fourth-order valence-electron chi connectivity index (χ4n) is 4.74. The fourth-order valence-corrected chi connectivity index (χ4v) is 4.74. The summed E-state index contributed by atoms with van der Waals surface area (Å²) in [6.45, 7) is 9.94. The third-order valence-corrected chi connectivity index (χ3v) is 6.46. The van der Waals surface area contributed by atoms with Gasteiger partial charge in [-0.15, -0.1) is 0 Å². The Morgan fingerprint density at radius 1 is 1.08 bits per heavy atom. The molecule has 0 bridgehead atoms. The van der Waals surface area contributed by atoms with E-state index in [-0.39, 0.29) is 5.41 Å². The molecule has 25 heavy (non-hydrogen) atoms. The summed E-state index contributed by atoms with van der Waals surface area (Å²) >= 11 is 0. The van der Waals surface area contributed by atoms with Gasteiger partial charge < -0.3 is 0 Å². The van der Waals surface area contributed by atoms with Crippen LogP contribution in [0.1, 0.15) is 99.7 Å². The third-order valence-electron chi connectivity index (χ3n) is 6.46. The molecule has 0 radical (unpaired) electrons. The summed E-state index contributed by atoms with van der Waals surface area (Å²) in [6.07, 6.45) is 12.4. The molecule has 0 atom stereocenters. The zero-order valence-electron chi connectivity index (χ0n) is 15.4. The number of nitrogens with zero attached hydrogens (tertiary/aromatic N) is 1. The second kappa shape index (κ2) is 6.60. The van der Waals surface area contributed by atoms with E-state index in [1.807, 2.05) is 0 Å². The zero-order chi connectivity index (χ0) is 17.4. The molecule has 0 aliphatic heterocycles. The number of ketones is 1. The van der Waals surface area contributed by atoms with Crippen LogP contribution >= 0.6 is 0 Å². The number of hydrogen-bond acceptors (Lipinski definition) is 1. The van der Waals surface area contributed by atoms with Crippen LogP contribution < -0.4 is 0 Å². The lowest BCUT2D eigenvalue weighted by Gasteiger charge is -2.33. The van der Waals surface area contributed by atoms with Gasteiger partial charge >= 0.3 is 0 Å². The molecule has 2 heteroatoms. The molecule has 3 aliphatic carbocycles. The number of Topliss-reactive ketones (excluding diaryl/α,β-unsaturated/α-hetero) is 1. The van der Waals surface area contributed by atoms with Gasteiger partial charge in [-0.25, -0.2) is 4.85 Å². The smallest absolute Gasteiger partial charge is 0.194 e. The molecule has 132 valence electrons. The minimum atomic E-state index is 0.227. The highest BCUT2D eigenvalue weighted by Gasteiger charge is 2.33. The first-order valence-corrected chi connectivity index (χ1v) is 10.1. The van der Waals surface area contributed by atoms with Crippen molar-refractivity contribution < 1.29 is 4.79 Å². The second-order valence-electron chi connectivity index (χ2n) is 9.05. The predicted molar refractivity (Wildman–Crippen MR) is 101 cm³/mol. The molecular formula is C23H29NO. The molecule has 0 spiro atoms. The van der Waals surface area contributed by atoms with Gasteiger partial charge in [-0.3, -0.25) is 4.79 Å². The normalized spacial score (nSPS) is 22.4. The van der Waals surface area contributed by atoms with E-state index in [0.717, 1.165) is 12.1 Å². The van der Waals surface area contributed by atoms with Gasteiger partial charge in [0.25, 0.3) is 0 Å². The molecule has 1 aromatic carbocycles. The Balaban J connectivity index is 1.54. The van der Waals surface area contributed by atoms with Crippen molar-refractivity contribution in [3.63, 3.8) is 0 Å². The molecule has 3 fully saturated rings. The quantitative estimate of drug-likeness (QED) is 0.546. The Kier molecular flexibility index (Phi) is 4.44. The summed E-state index contributed by atoms with van der Waals surface area (Å²) < 4.78 is 0. The summed E-state index contributed by atoms with van der Waals surface area (Å²) in [4.78, 5) is 16.7. The van der Waals surface area contributed by atoms with Crippen LogP contribution in [0.2, 0.25) is 0 Å². The van der Waals surface area contributed by atoms with Crippen LogP contribution in [0.5, 0.6) is 0 Å². The monoisotopic (exact) mass is 335 g/mol. The molecule has 0 N–H and O–H groups in total. The van der Waals surface area contributed by atoms with Crippen molar-refractivity contribution >= 4 is 11.5 Å². The molecule has 1 aromatic rings. The largest absolute Gasteiger partial charge is 0.299 e. The summed E-state index contributed by atoms with van der Waals surface area (Å²) in [7, 11) is 0. The van der Waals surface area contributed by atoms with Gasteiger partial charge in [0, 0.05) is 12.8 Å². The highest BCUT2D eigenvalue weighted by molar-refractivity contribution is 5.82. The first-order chi connectivity index (χ1) is 12.1. The Morgan fingerprint density at radius 2 is 1.64 bits per heavy atom. The minimum Gasteiger partial charge on any atom is -0.299 e. The van der Waals surface area contributed by atoms with Crippen molar-refractivity contribution in [1.29, 1.82) is 0 Å².